The van der Waals surface area contributed by atoms with Crippen molar-refractivity contribution >= 4 is 29.2 Å². The predicted molar refractivity (Wildman–Crippen MR) is 77.6 cm³/mol. The molecule has 0 saturated heterocycles. The molecule has 7 heteroatoms. The fourth-order valence-corrected chi connectivity index (χ4v) is 2.70. The van der Waals surface area contributed by atoms with Crippen molar-refractivity contribution in [1.29, 1.82) is 0 Å². The number of hydrogen-bond donors (Lipinski definition) is 0. The molecule has 0 radical (unpaired) electrons. The number of thiazole rings is 1. The summed E-state index contributed by atoms with van der Waals surface area (Å²) in [7, 11) is 0. The lowest BCUT2D eigenvalue weighted by Gasteiger charge is -2.04. The number of halogens is 1. The molecule has 3 aromatic rings. The van der Waals surface area contributed by atoms with Crippen LogP contribution in [0.2, 0.25) is 5.02 Å². The molecule has 0 atom stereocenters. The zero-order valence-corrected chi connectivity index (χ0v) is 12.0. The van der Waals surface area contributed by atoms with Crippen LogP contribution in [0.5, 0.6) is 0 Å². The fourth-order valence-electron chi connectivity index (χ4n) is 1.82. The number of aromatic nitrogens is 4. The van der Waals surface area contributed by atoms with Crippen molar-refractivity contribution in [2.75, 3.05) is 0 Å². The summed E-state index contributed by atoms with van der Waals surface area (Å²) in [5, 5.41) is 11.1. The molecule has 0 spiro atoms. The largest absolute Gasteiger partial charge is 0.296 e. The van der Waals surface area contributed by atoms with Gasteiger partial charge in [0.15, 0.2) is 12.0 Å². The minimum Gasteiger partial charge on any atom is -0.296 e. The second-order valence-corrected chi connectivity index (χ2v) is 5.40. The summed E-state index contributed by atoms with van der Waals surface area (Å²) in [5.74, 6) is 0. The Labute approximate surface area is 123 Å². The van der Waals surface area contributed by atoms with E-state index in [1.54, 1.807) is 16.8 Å². The van der Waals surface area contributed by atoms with E-state index < -0.39 is 0 Å². The normalized spacial score (nSPS) is 10.7. The Kier molecular flexibility index (Phi) is 3.33. The number of carbonyl (C=O) groups is 1. The van der Waals surface area contributed by atoms with Crippen molar-refractivity contribution in [3.05, 3.63) is 46.1 Å². The van der Waals surface area contributed by atoms with Crippen molar-refractivity contribution in [3.8, 4) is 16.4 Å². The Morgan fingerprint density at radius 3 is 2.65 bits per heavy atom. The average Bonchev–Trinajstić information content (AvgIpc) is 3.05. The molecule has 20 heavy (non-hydrogen) atoms. The maximum Gasteiger partial charge on any atom is 0.212 e. The molecule has 5 nitrogen and oxygen atoms in total. The zero-order valence-electron chi connectivity index (χ0n) is 10.4. The van der Waals surface area contributed by atoms with Crippen LogP contribution in [-0.4, -0.2) is 26.3 Å². The lowest BCUT2D eigenvalue weighted by atomic mass is 10.1. The van der Waals surface area contributed by atoms with Crippen LogP contribution in [0, 0.1) is 6.92 Å². The second kappa shape index (κ2) is 5.15. The molecule has 0 aliphatic heterocycles. The van der Waals surface area contributed by atoms with Crippen LogP contribution in [0.15, 0.2) is 29.6 Å². The second-order valence-electron chi connectivity index (χ2n) is 4.13. The minimum atomic E-state index is 0.278. The van der Waals surface area contributed by atoms with Crippen molar-refractivity contribution in [3.63, 3.8) is 0 Å². The Hall–Kier alpha value is -2.05. The molecule has 2 heterocycles. The first-order chi connectivity index (χ1) is 9.69. The first-order valence-electron chi connectivity index (χ1n) is 5.78. The van der Waals surface area contributed by atoms with E-state index in [2.05, 4.69) is 15.3 Å². The fraction of sp³-hybridized carbons (Fsp3) is 0.0769. The highest BCUT2D eigenvalue weighted by molar-refractivity contribution is 7.12. The van der Waals surface area contributed by atoms with E-state index in [9.17, 15) is 4.79 Å². The number of nitrogens with zero attached hydrogens (tertiary/aromatic N) is 4. The van der Waals surface area contributed by atoms with Gasteiger partial charge in [-0.25, -0.2) is 4.98 Å². The van der Waals surface area contributed by atoms with Crippen LogP contribution in [0.1, 0.15) is 16.2 Å². The highest BCUT2D eigenvalue weighted by Gasteiger charge is 2.17. The Morgan fingerprint density at radius 2 is 2.05 bits per heavy atom. The number of aldehydes is 1. The zero-order chi connectivity index (χ0) is 14.1. The van der Waals surface area contributed by atoms with E-state index in [1.165, 1.54) is 11.3 Å². The topological polar surface area (TPSA) is 60.7 Å². The van der Waals surface area contributed by atoms with Crippen LogP contribution in [0.25, 0.3) is 16.4 Å². The van der Waals surface area contributed by atoms with E-state index >= 15 is 0 Å². The standard InChI is InChI=1S/C13H9ClN4OS/c1-8-7-20-13(15-8)18-12(11(6-19)16-17-18)9-2-4-10(14)5-3-9/h2-7H,1H3. The smallest absolute Gasteiger partial charge is 0.212 e. The van der Waals surface area contributed by atoms with Gasteiger partial charge in [0.1, 0.15) is 5.69 Å². The van der Waals surface area contributed by atoms with Gasteiger partial charge in [0, 0.05) is 16.0 Å². The van der Waals surface area contributed by atoms with Gasteiger partial charge in [0.2, 0.25) is 5.13 Å². The Morgan fingerprint density at radius 1 is 1.30 bits per heavy atom. The molecule has 0 N–H and O–H groups in total. The summed E-state index contributed by atoms with van der Waals surface area (Å²) < 4.78 is 1.57. The number of rotatable bonds is 3. The number of carbonyl (C=O) groups excluding carboxylic acids is 1. The van der Waals surface area contributed by atoms with E-state index in [1.807, 2.05) is 24.4 Å². The van der Waals surface area contributed by atoms with E-state index in [0.29, 0.717) is 22.1 Å². The average molecular weight is 305 g/mol. The lowest BCUT2D eigenvalue weighted by molar-refractivity contribution is 0.111. The maximum atomic E-state index is 11.2. The monoisotopic (exact) mass is 304 g/mol. The van der Waals surface area contributed by atoms with Crippen LogP contribution < -0.4 is 0 Å². The van der Waals surface area contributed by atoms with E-state index in [0.717, 1.165) is 11.3 Å². The molecule has 0 fully saturated rings. The van der Waals surface area contributed by atoms with Gasteiger partial charge in [-0.3, -0.25) is 4.79 Å². The molecule has 0 amide bonds. The third kappa shape index (κ3) is 2.23. The van der Waals surface area contributed by atoms with Gasteiger partial charge in [-0.15, -0.1) is 16.4 Å². The summed E-state index contributed by atoms with van der Waals surface area (Å²) in [6, 6.07) is 7.17. The quantitative estimate of drug-likeness (QED) is 0.697. The van der Waals surface area contributed by atoms with Gasteiger partial charge in [0.25, 0.3) is 0 Å². The molecule has 2 aromatic heterocycles. The van der Waals surface area contributed by atoms with Crippen molar-refractivity contribution in [1.82, 2.24) is 20.0 Å². The highest BCUT2D eigenvalue weighted by Crippen LogP contribution is 2.27. The van der Waals surface area contributed by atoms with Gasteiger partial charge in [0.05, 0.1) is 5.69 Å². The molecule has 0 aliphatic rings. The summed E-state index contributed by atoms with van der Waals surface area (Å²) in [5.41, 5.74) is 2.61. The van der Waals surface area contributed by atoms with Crippen molar-refractivity contribution < 1.29 is 4.79 Å². The molecular weight excluding hydrogens is 296 g/mol. The van der Waals surface area contributed by atoms with E-state index in [-0.39, 0.29) is 5.69 Å². The Bertz CT molecular complexity index is 763. The van der Waals surface area contributed by atoms with E-state index in [4.69, 9.17) is 11.6 Å². The third-order valence-electron chi connectivity index (χ3n) is 2.71. The maximum absolute atomic E-state index is 11.2. The molecule has 0 bridgehead atoms. The van der Waals surface area contributed by atoms with Gasteiger partial charge in [-0.05, 0) is 19.1 Å². The summed E-state index contributed by atoms with van der Waals surface area (Å²) in [6.45, 7) is 1.90. The van der Waals surface area contributed by atoms with Crippen molar-refractivity contribution in [2.24, 2.45) is 0 Å². The first kappa shape index (κ1) is 13.0. The molecule has 3 rings (SSSR count). The summed E-state index contributed by atoms with van der Waals surface area (Å²) >= 11 is 7.33. The number of aryl methyl sites for hydroxylation is 1. The third-order valence-corrected chi connectivity index (χ3v) is 3.90. The SMILES string of the molecule is Cc1csc(-n2nnc(C=O)c2-c2ccc(Cl)cc2)n1. The number of benzene rings is 1. The van der Waals surface area contributed by atoms with Gasteiger partial charge >= 0.3 is 0 Å². The lowest BCUT2D eigenvalue weighted by Crippen LogP contribution is -1.99. The summed E-state index contributed by atoms with van der Waals surface area (Å²) in [6.07, 6.45) is 0.688. The van der Waals surface area contributed by atoms with Crippen LogP contribution >= 0.6 is 22.9 Å². The van der Waals surface area contributed by atoms with Crippen LogP contribution in [0.3, 0.4) is 0 Å². The molecule has 100 valence electrons. The molecule has 0 saturated carbocycles. The van der Waals surface area contributed by atoms with Crippen LogP contribution in [-0.2, 0) is 0 Å². The minimum absolute atomic E-state index is 0.278. The molecular formula is C13H9ClN4OS. The highest BCUT2D eigenvalue weighted by atomic mass is 35.5. The van der Waals surface area contributed by atoms with Gasteiger partial charge < -0.3 is 0 Å². The predicted octanol–water partition coefficient (Wildman–Crippen LogP) is 3.17. The first-order valence-corrected chi connectivity index (χ1v) is 7.04. The molecule has 0 aliphatic carbocycles. The van der Waals surface area contributed by atoms with Crippen molar-refractivity contribution in [2.45, 2.75) is 6.92 Å². The number of hydrogen-bond acceptors (Lipinski definition) is 5. The van der Waals surface area contributed by atoms with Crippen LogP contribution in [0.4, 0.5) is 0 Å². The Balaban J connectivity index is 2.20. The summed E-state index contributed by atoms with van der Waals surface area (Å²) in [4.78, 5) is 15.5. The van der Waals surface area contributed by atoms with Gasteiger partial charge in [-0.1, -0.05) is 28.9 Å². The molecule has 0 unspecified atom stereocenters. The molecule has 1 aromatic carbocycles. The van der Waals surface area contributed by atoms with Gasteiger partial charge in [-0.2, -0.15) is 4.68 Å².